The number of aliphatic hydroxyl groups is 1. The molecule has 0 spiro atoms. The summed E-state index contributed by atoms with van der Waals surface area (Å²) in [6.07, 6.45) is 2.83. The van der Waals surface area contributed by atoms with Crippen LogP contribution in [0.4, 0.5) is 0 Å². The lowest BCUT2D eigenvalue weighted by Crippen LogP contribution is -2.49. The van der Waals surface area contributed by atoms with Crippen LogP contribution in [0, 0.1) is 5.92 Å². The molecule has 0 saturated carbocycles. The minimum Gasteiger partial charge on any atom is -0.379 e. The van der Waals surface area contributed by atoms with Crippen LogP contribution < -0.4 is 5.32 Å². The van der Waals surface area contributed by atoms with Gasteiger partial charge in [0, 0.05) is 23.7 Å². The van der Waals surface area contributed by atoms with E-state index in [0.29, 0.717) is 24.6 Å². The number of nitrogens with zero attached hydrogens (tertiary/aromatic N) is 1. The molecule has 0 aliphatic carbocycles. The van der Waals surface area contributed by atoms with Crippen LogP contribution in [0.3, 0.4) is 0 Å². The lowest BCUT2D eigenvalue weighted by atomic mass is 9.96. The smallest absolute Gasteiger partial charge is 0.252 e. The Morgan fingerprint density at radius 2 is 2.27 bits per heavy atom. The first-order valence-electron chi connectivity index (χ1n) is 7.99. The Kier molecular flexibility index (Phi) is 5.44. The highest BCUT2D eigenvalue weighted by atomic mass is 32.2. The molecule has 1 unspecified atom stereocenters. The van der Waals surface area contributed by atoms with Gasteiger partial charge in [0.25, 0.3) is 5.91 Å². The third-order valence-electron chi connectivity index (χ3n) is 4.64. The molecule has 2 N–H and O–H groups in total. The fourth-order valence-electron chi connectivity index (χ4n) is 3.11. The highest BCUT2D eigenvalue weighted by molar-refractivity contribution is 7.99. The Morgan fingerprint density at radius 3 is 2.91 bits per heavy atom. The van der Waals surface area contributed by atoms with Gasteiger partial charge in [0.05, 0.1) is 0 Å². The van der Waals surface area contributed by atoms with Crippen molar-refractivity contribution < 1.29 is 9.90 Å². The number of nitrogens with one attached hydrogen (secondary N) is 1. The van der Waals surface area contributed by atoms with E-state index in [9.17, 15) is 9.90 Å². The van der Waals surface area contributed by atoms with Gasteiger partial charge >= 0.3 is 0 Å². The molecule has 1 aromatic heterocycles. The van der Waals surface area contributed by atoms with Gasteiger partial charge in [0.2, 0.25) is 0 Å². The summed E-state index contributed by atoms with van der Waals surface area (Å²) in [5, 5.41) is 15.3. The fourth-order valence-corrected chi connectivity index (χ4v) is 5.09. The van der Waals surface area contributed by atoms with Gasteiger partial charge in [-0.1, -0.05) is 6.07 Å². The number of hydrogen-bond donors (Lipinski definition) is 2. The van der Waals surface area contributed by atoms with Gasteiger partial charge in [0.1, 0.15) is 0 Å². The molecule has 1 atom stereocenters. The van der Waals surface area contributed by atoms with Crippen LogP contribution in [0.1, 0.15) is 24.1 Å². The summed E-state index contributed by atoms with van der Waals surface area (Å²) in [5.41, 5.74) is -1.12. The van der Waals surface area contributed by atoms with Crippen LogP contribution in [-0.2, 0) is 11.3 Å². The number of carbonyl (C=O) groups is 1. The van der Waals surface area contributed by atoms with Gasteiger partial charge in [-0.2, -0.15) is 11.8 Å². The van der Waals surface area contributed by atoms with Crippen LogP contribution >= 0.6 is 23.1 Å². The van der Waals surface area contributed by atoms with E-state index in [-0.39, 0.29) is 5.91 Å². The zero-order valence-corrected chi connectivity index (χ0v) is 14.4. The molecule has 3 rings (SSSR count). The standard InChI is InChI=1S/C16H24N2O2S2/c19-15(16(20)5-9-21-12-16)17-10-13-3-6-18(7-4-13)11-14-2-1-8-22-14/h1-2,8,13,20H,3-7,9-12H2,(H,17,19). The first kappa shape index (κ1) is 16.3. The molecule has 122 valence electrons. The SMILES string of the molecule is O=C(NCC1CCN(Cc2cccs2)CC1)C1(O)CCSC1. The first-order valence-corrected chi connectivity index (χ1v) is 10.0. The number of thiophene rings is 1. The van der Waals surface area contributed by atoms with Crippen LogP contribution in [0.15, 0.2) is 17.5 Å². The number of carbonyl (C=O) groups excluding carboxylic acids is 1. The number of amides is 1. The molecule has 0 bridgehead atoms. The number of likely N-dealkylation sites (tertiary alicyclic amines) is 1. The summed E-state index contributed by atoms with van der Waals surface area (Å²) in [7, 11) is 0. The maximum absolute atomic E-state index is 12.1. The van der Waals surface area contributed by atoms with Crippen LogP contribution in [0.25, 0.3) is 0 Å². The summed E-state index contributed by atoms with van der Waals surface area (Å²) in [6, 6.07) is 4.30. The summed E-state index contributed by atoms with van der Waals surface area (Å²) in [6.45, 7) is 3.95. The zero-order chi connectivity index (χ0) is 15.4. The van der Waals surface area contributed by atoms with Crippen molar-refractivity contribution in [3.05, 3.63) is 22.4 Å². The molecule has 3 heterocycles. The monoisotopic (exact) mass is 340 g/mol. The minimum atomic E-state index is -1.12. The van der Waals surface area contributed by atoms with Crippen molar-refractivity contribution in [1.82, 2.24) is 10.2 Å². The second-order valence-electron chi connectivity index (χ2n) is 6.34. The maximum atomic E-state index is 12.1. The predicted molar refractivity (Wildman–Crippen MR) is 92.2 cm³/mol. The molecule has 2 aliphatic heterocycles. The van der Waals surface area contributed by atoms with Crippen molar-refractivity contribution in [2.75, 3.05) is 31.1 Å². The van der Waals surface area contributed by atoms with E-state index < -0.39 is 5.60 Å². The molecule has 2 fully saturated rings. The molecule has 1 aromatic rings. The minimum absolute atomic E-state index is 0.168. The van der Waals surface area contributed by atoms with E-state index in [1.807, 2.05) is 11.3 Å². The molecule has 2 saturated heterocycles. The summed E-state index contributed by atoms with van der Waals surface area (Å²) >= 11 is 3.47. The number of rotatable bonds is 5. The summed E-state index contributed by atoms with van der Waals surface area (Å²) < 4.78 is 0. The van der Waals surface area contributed by atoms with Crippen molar-refractivity contribution >= 4 is 29.0 Å². The zero-order valence-electron chi connectivity index (χ0n) is 12.8. The second-order valence-corrected chi connectivity index (χ2v) is 8.48. The number of piperidine rings is 1. The van der Waals surface area contributed by atoms with Crippen molar-refractivity contribution in [3.63, 3.8) is 0 Å². The van der Waals surface area contributed by atoms with Crippen molar-refractivity contribution in [3.8, 4) is 0 Å². The van der Waals surface area contributed by atoms with Gasteiger partial charge in [-0.15, -0.1) is 11.3 Å². The third-order valence-corrected chi connectivity index (χ3v) is 6.68. The Labute approximate surface area is 140 Å². The fraction of sp³-hybridized carbons (Fsp3) is 0.688. The lowest BCUT2D eigenvalue weighted by molar-refractivity contribution is -0.137. The Morgan fingerprint density at radius 1 is 1.45 bits per heavy atom. The van der Waals surface area contributed by atoms with E-state index in [0.717, 1.165) is 38.2 Å². The lowest BCUT2D eigenvalue weighted by Gasteiger charge is -2.32. The van der Waals surface area contributed by atoms with E-state index in [2.05, 4.69) is 27.7 Å². The Balaban J connectivity index is 1.38. The molecule has 22 heavy (non-hydrogen) atoms. The topological polar surface area (TPSA) is 52.6 Å². The average molecular weight is 341 g/mol. The highest BCUT2D eigenvalue weighted by Gasteiger charge is 2.39. The predicted octanol–water partition coefficient (Wildman–Crippen LogP) is 1.94. The molecule has 0 aromatic carbocycles. The van der Waals surface area contributed by atoms with E-state index >= 15 is 0 Å². The van der Waals surface area contributed by atoms with Crippen LogP contribution in [0.5, 0.6) is 0 Å². The summed E-state index contributed by atoms with van der Waals surface area (Å²) in [5.74, 6) is 1.79. The molecule has 2 aliphatic rings. The average Bonchev–Trinajstić information content (AvgIpc) is 3.19. The maximum Gasteiger partial charge on any atom is 0.252 e. The summed E-state index contributed by atoms with van der Waals surface area (Å²) in [4.78, 5) is 16.0. The Hall–Kier alpha value is -0.560. The largest absolute Gasteiger partial charge is 0.379 e. The normalized spacial score (nSPS) is 27.1. The van der Waals surface area contributed by atoms with E-state index in [4.69, 9.17) is 0 Å². The molecule has 0 radical (unpaired) electrons. The van der Waals surface area contributed by atoms with Gasteiger partial charge < -0.3 is 10.4 Å². The van der Waals surface area contributed by atoms with Crippen molar-refractivity contribution in [2.45, 2.75) is 31.4 Å². The molecule has 6 heteroatoms. The van der Waals surface area contributed by atoms with Crippen LogP contribution in [0.2, 0.25) is 0 Å². The van der Waals surface area contributed by atoms with Gasteiger partial charge in [-0.05, 0) is 55.5 Å². The van der Waals surface area contributed by atoms with Crippen molar-refractivity contribution in [2.24, 2.45) is 5.92 Å². The van der Waals surface area contributed by atoms with Gasteiger partial charge in [-0.25, -0.2) is 0 Å². The molecule has 1 amide bonds. The quantitative estimate of drug-likeness (QED) is 0.860. The van der Waals surface area contributed by atoms with Gasteiger partial charge in [0.15, 0.2) is 5.60 Å². The first-order chi connectivity index (χ1) is 10.7. The van der Waals surface area contributed by atoms with E-state index in [1.54, 1.807) is 11.8 Å². The second kappa shape index (κ2) is 7.34. The van der Waals surface area contributed by atoms with Crippen LogP contribution in [-0.4, -0.2) is 52.7 Å². The third kappa shape index (κ3) is 4.04. The van der Waals surface area contributed by atoms with E-state index in [1.165, 1.54) is 4.88 Å². The Bertz CT molecular complexity index is 478. The molecular formula is C16H24N2O2S2. The number of hydrogen-bond acceptors (Lipinski definition) is 5. The van der Waals surface area contributed by atoms with Crippen molar-refractivity contribution in [1.29, 1.82) is 0 Å². The molecule has 4 nitrogen and oxygen atoms in total. The molecular weight excluding hydrogens is 316 g/mol. The van der Waals surface area contributed by atoms with Gasteiger partial charge in [-0.3, -0.25) is 9.69 Å². The number of thioether (sulfide) groups is 1. The highest BCUT2D eigenvalue weighted by Crippen LogP contribution is 2.28.